The molecule has 7 nitrogen and oxygen atoms in total. The van der Waals surface area contributed by atoms with Crippen molar-refractivity contribution in [1.29, 1.82) is 0 Å². The minimum Gasteiger partial charge on any atom is -0.452 e. The molecule has 0 bridgehead atoms. The summed E-state index contributed by atoms with van der Waals surface area (Å²) in [5, 5.41) is 2.63. The Kier molecular flexibility index (Phi) is 7.22. The number of sulfonamides is 1. The van der Waals surface area contributed by atoms with E-state index in [1.165, 1.54) is 26.2 Å². The molecule has 0 atom stereocenters. The summed E-state index contributed by atoms with van der Waals surface area (Å²) in [6.07, 6.45) is 0. The second kappa shape index (κ2) is 9.04. The van der Waals surface area contributed by atoms with Gasteiger partial charge >= 0.3 is 5.97 Å². The SMILES string of the molecule is Cc1ccc(NC(=O)COC(=O)c2cc(S(=O)(=O)N(C)C)ccc2Cl)c(Br)c1. The van der Waals surface area contributed by atoms with Gasteiger partial charge < -0.3 is 10.1 Å². The van der Waals surface area contributed by atoms with E-state index in [4.69, 9.17) is 16.3 Å². The molecule has 0 aliphatic carbocycles. The van der Waals surface area contributed by atoms with Crippen LogP contribution in [0.2, 0.25) is 5.02 Å². The third kappa shape index (κ3) is 5.32. The third-order valence-corrected chi connectivity index (χ3v) is 6.47. The first-order chi connectivity index (χ1) is 13.0. The zero-order valence-electron chi connectivity index (χ0n) is 15.3. The molecule has 0 heterocycles. The van der Waals surface area contributed by atoms with Crippen molar-refractivity contribution in [2.75, 3.05) is 26.0 Å². The molecule has 10 heteroatoms. The number of nitrogens with zero attached hydrogens (tertiary/aromatic N) is 1. The first kappa shape index (κ1) is 22.4. The summed E-state index contributed by atoms with van der Waals surface area (Å²) in [6, 6.07) is 9.06. The fourth-order valence-corrected chi connectivity index (χ4v) is 3.86. The highest BCUT2D eigenvalue weighted by molar-refractivity contribution is 9.10. The van der Waals surface area contributed by atoms with Crippen molar-refractivity contribution in [2.45, 2.75) is 11.8 Å². The van der Waals surface area contributed by atoms with Crippen LogP contribution in [0.5, 0.6) is 0 Å². The van der Waals surface area contributed by atoms with Gasteiger partial charge in [-0.25, -0.2) is 17.5 Å². The number of aryl methyl sites for hydroxylation is 1. The van der Waals surface area contributed by atoms with Crippen LogP contribution in [0.3, 0.4) is 0 Å². The second-order valence-electron chi connectivity index (χ2n) is 6.04. The number of amides is 1. The molecule has 0 unspecified atom stereocenters. The Morgan fingerprint density at radius 1 is 1.18 bits per heavy atom. The first-order valence-corrected chi connectivity index (χ1v) is 10.6. The number of ether oxygens (including phenoxy) is 1. The van der Waals surface area contributed by atoms with E-state index in [2.05, 4.69) is 21.2 Å². The van der Waals surface area contributed by atoms with E-state index in [1.807, 2.05) is 19.1 Å². The topological polar surface area (TPSA) is 92.8 Å². The maximum atomic E-state index is 12.3. The summed E-state index contributed by atoms with van der Waals surface area (Å²) in [4.78, 5) is 24.2. The van der Waals surface area contributed by atoms with Gasteiger partial charge in [0.25, 0.3) is 5.91 Å². The standard InChI is InChI=1S/C18H18BrClN2O5S/c1-11-4-7-16(14(19)8-11)21-17(23)10-27-18(24)13-9-12(5-6-15(13)20)28(25,26)22(2)3/h4-9H,10H2,1-3H3,(H,21,23). The smallest absolute Gasteiger partial charge is 0.340 e. The van der Waals surface area contributed by atoms with Gasteiger partial charge in [0.15, 0.2) is 6.61 Å². The Balaban J connectivity index is 2.09. The number of anilines is 1. The summed E-state index contributed by atoms with van der Waals surface area (Å²) in [7, 11) is -1.01. The second-order valence-corrected chi connectivity index (χ2v) is 9.45. The van der Waals surface area contributed by atoms with Crippen LogP contribution in [0, 0.1) is 6.92 Å². The highest BCUT2D eigenvalue weighted by Gasteiger charge is 2.22. The van der Waals surface area contributed by atoms with Gasteiger partial charge in [-0.1, -0.05) is 17.7 Å². The third-order valence-electron chi connectivity index (χ3n) is 3.67. The van der Waals surface area contributed by atoms with Crippen LogP contribution in [-0.4, -0.2) is 45.3 Å². The van der Waals surface area contributed by atoms with Crippen molar-refractivity contribution in [2.24, 2.45) is 0 Å². The molecule has 0 saturated carbocycles. The van der Waals surface area contributed by atoms with E-state index >= 15 is 0 Å². The minimum atomic E-state index is -3.75. The summed E-state index contributed by atoms with van der Waals surface area (Å²) in [5.74, 6) is -1.45. The lowest BCUT2D eigenvalue weighted by molar-refractivity contribution is -0.119. The number of esters is 1. The van der Waals surface area contributed by atoms with Crippen LogP contribution >= 0.6 is 27.5 Å². The molecule has 2 aromatic carbocycles. The van der Waals surface area contributed by atoms with Gasteiger partial charge in [0.1, 0.15) is 0 Å². The fraction of sp³-hybridized carbons (Fsp3) is 0.222. The molecule has 0 fully saturated rings. The molecule has 0 radical (unpaired) electrons. The summed E-state index contributed by atoms with van der Waals surface area (Å²) < 4.78 is 31.1. The van der Waals surface area contributed by atoms with Crippen molar-refractivity contribution < 1.29 is 22.7 Å². The summed E-state index contributed by atoms with van der Waals surface area (Å²) in [5.41, 5.74) is 1.40. The Labute approximate surface area is 176 Å². The molecule has 0 aliphatic rings. The fourth-order valence-electron chi connectivity index (χ4n) is 2.15. The lowest BCUT2D eigenvalue weighted by atomic mass is 10.2. The molecule has 2 rings (SSSR count). The Bertz CT molecular complexity index is 1020. The maximum Gasteiger partial charge on any atom is 0.340 e. The molecule has 2 aromatic rings. The normalized spacial score (nSPS) is 11.4. The maximum absolute atomic E-state index is 12.3. The number of benzene rings is 2. The number of halogens is 2. The van der Waals surface area contributed by atoms with E-state index in [1.54, 1.807) is 6.07 Å². The van der Waals surface area contributed by atoms with Crippen LogP contribution < -0.4 is 5.32 Å². The molecule has 150 valence electrons. The van der Waals surface area contributed by atoms with E-state index in [9.17, 15) is 18.0 Å². The lowest BCUT2D eigenvalue weighted by Crippen LogP contribution is -2.23. The predicted molar refractivity (Wildman–Crippen MR) is 110 cm³/mol. The molecule has 0 aliphatic heterocycles. The van der Waals surface area contributed by atoms with Gasteiger partial charge in [0.05, 0.1) is 21.2 Å². The molecule has 1 N–H and O–H groups in total. The zero-order valence-corrected chi connectivity index (χ0v) is 18.5. The van der Waals surface area contributed by atoms with Crippen molar-refractivity contribution in [3.63, 3.8) is 0 Å². The van der Waals surface area contributed by atoms with Gasteiger partial charge in [-0.05, 0) is 58.7 Å². The average molecular weight is 490 g/mol. The van der Waals surface area contributed by atoms with Gasteiger partial charge in [0, 0.05) is 18.6 Å². The monoisotopic (exact) mass is 488 g/mol. The predicted octanol–water partition coefficient (Wildman–Crippen LogP) is 3.46. The highest BCUT2D eigenvalue weighted by Crippen LogP contribution is 2.24. The number of carbonyl (C=O) groups excluding carboxylic acids is 2. The Hall–Kier alpha value is -1.94. The Morgan fingerprint density at radius 3 is 2.46 bits per heavy atom. The Morgan fingerprint density at radius 2 is 1.86 bits per heavy atom. The quantitative estimate of drug-likeness (QED) is 0.627. The first-order valence-electron chi connectivity index (χ1n) is 7.97. The van der Waals surface area contributed by atoms with Crippen molar-refractivity contribution in [3.8, 4) is 0 Å². The summed E-state index contributed by atoms with van der Waals surface area (Å²) >= 11 is 9.32. The van der Waals surface area contributed by atoms with Crippen LogP contribution in [0.15, 0.2) is 45.8 Å². The minimum absolute atomic E-state index is 0.0180. The number of hydrogen-bond donors (Lipinski definition) is 1. The van der Waals surface area contributed by atoms with Crippen molar-refractivity contribution >= 4 is 55.1 Å². The molecular weight excluding hydrogens is 472 g/mol. The molecule has 28 heavy (non-hydrogen) atoms. The number of carbonyl (C=O) groups is 2. The highest BCUT2D eigenvalue weighted by atomic mass is 79.9. The van der Waals surface area contributed by atoms with Crippen LogP contribution in [0.4, 0.5) is 5.69 Å². The van der Waals surface area contributed by atoms with Gasteiger partial charge in [-0.15, -0.1) is 0 Å². The van der Waals surface area contributed by atoms with E-state index in [0.717, 1.165) is 15.9 Å². The van der Waals surface area contributed by atoms with Crippen LogP contribution in [0.1, 0.15) is 15.9 Å². The molecular formula is C18H18BrClN2O5S. The van der Waals surface area contributed by atoms with Gasteiger partial charge in [-0.2, -0.15) is 0 Å². The summed E-state index contributed by atoms with van der Waals surface area (Å²) in [6.45, 7) is 1.35. The molecule has 0 saturated heterocycles. The molecule has 0 spiro atoms. The number of rotatable bonds is 6. The van der Waals surface area contributed by atoms with Crippen molar-refractivity contribution in [3.05, 3.63) is 57.0 Å². The average Bonchev–Trinajstić information content (AvgIpc) is 2.62. The van der Waals surface area contributed by atoms with Gasteiger partial charge in [0.2, 0.25) is 10.0 Å². The van der Waals surface area contributed by atoms with Crippen LogP contribution in [0.25, 0.3) is 0 Å². The number of hydrogen-bond acceptors (Lipinski definition) is 5. The largest absolute Gasteiger partial charge is 0.452 e. The van der Waals surface area contributed by atoms with E-state index in [-0.39, 0.29) is 15.5 Å². The number of nitrogens with one attached hydrogen (secondary N) is 1. The lowest BCUT2D eigenvalue weighted by Gasteiger charge is -2.13. The van der Waals surface area contributed by atoms with Crippen LogP contribution in [-0.2, 0) is 19.6 Å². The van der Waals surface area contributed by atoms with Crippen molar-refractivity contribution in [1.82, 2.24) is 4.31 Å². The molecule has 1 amide bonds. The van der Waals surface area contributed by atoms with E-state index < -0.39 is 28.5 Å². The van der Waals surface area contributed by atoms with E-state index in [0.29, 0.717) is 10.2 Å². The zero-order chi connectivity index (χ0) is 21.1. The molecule has 0 aromatic heterocycles. The van der Waals surface area contributed by atoms with Gasteiger partial charge in [-0.3, -0.25) is 4.79 Å².